The number of nitrogens with two attached hydrogens (primary N) is 1. The molecule has 19 heavy (non-hydrogen) atoms. The molecule has 0 saturated heterocycles. The third-order valence-corrected chi connectivity index (χ3v) is 2.89. The molecule has 1 unspecified atom stereocenters. The standard InChI is InChI=1S/C11H16N4O4/c1-18-5-7-4-8(15-19-7)11(16)13-9(6-2-3-6)10(12)14-17/h4,6,9,17H,2-3,5H2,1H3,(H2,12,14)(H,13,16). The molecule has 104 valence electrons. The van der Waals surface area contributed by atoms with E-state index < -0.39 is 11.9 Å². The molecule has 0 spiro atoms. The maximum atomic E-state index is 12.0. The lowest BCUT2D eigenvalue weighted by molar-refractivity contribution is 0.0933. The summed E-state index contributed by atoms with van der Waals surface area (Å²) in [5.74, 6) is 0.246. The molecular weight excluding hydrogens is 252 g/mol. The van der Waals surface area contributed by atoms with Gasteiger partial charge in [-0.1, -0.05) is 10.3 Å². The monoisotopic (exact) mass is 268 g/mol. The van der Waals surface area contributed by atoms with Crippen molar-refractivity contribution >= 4 is 11.7 Å². The second kappa shape index (κ2) is 5.70. The zero-order chi connectivity index (χ0) is 13.8. The molecule has 1 fully saturated rings. The van der Waals surface area contributed by atoms with E-state index in [0.29, 0.717) is 5.76 Å². The minimum absolute atomic E-state index is 0.00328. The highest BCUT2D eigenvalue weighted by atomic mass is 16.5. The molecule has 0 bridgehead atoms. The molecule has 1 atom stereocenters. The van der Waals surface area contributed by atoms with Crippen molar-refractivity contribution in [1.82, 2.24) is 10.5 Å². The van der Waals surface area contributed by atoms with E-state index in [1.54, 1.807) is 0 Å². The van der Waals surface area contributed by atoms with Crippen LogP contribution < -0.4 is 11.1 Å². The Kier molecular flexibility index (Phi) is 4.00. The summed E-state index contributed by atoms with van der Waals surface area (Å²) in [6.45, 7) is 0.243. The van der Waals surface area contributed by atoms with Gasteiger partial charge in [0, 0.05) is 13.2 Å². The maximum absolute atomic E-state index is 12.0. The number of rotatable bonds is 6. The average molecular weight is 268 g/mol. The molecule has 0 aliphatic heterocycles. The number of carbonyl (C=O) groups is 1. The maximum Gasteiger partial charge on any atom is 0.274 e. The summed E-state index contributed by atoms with van der Waals surface area (Å²) in [6.07, 6.45) is 1.88. The van der Waals surface area contributed by atoms with Crippen LogP contribution in [0.25, 0.3) is 0 Å². The summed E-state index contributed by atoms with van der Waals surface area (Å²) in [5.41, 5.74) is 5.70. The normalized spacial score (nSPS) is 17.2. The molecule has 1 saturated carbocycles. The zero-order valence-corrected chi connectivity index (χ0v) is 10.5. The van der Waals surface area contributed by atoms with Gasteiger partial charge in [-0.25, -0.2) is 0 Å². The van der Waals surface area contributed by atoms with Gasteiger partial charge in [-0.2, -0.15) is 0 Å². The van der Waals surface area contributed by atoms with Crippen LogP contribution in [0.2, 0.25) is 0 Å². The van der Waals surface area contributed by atoms with Crippen molar-refractivity contribution in [3.8, 4) is 0 Å². The molecule has 1 aliphatic rings. The lowest BCUT2D eigenvalue weighted by atomic mass is 10.1. The van der Waals surface area contributed by atoms with Gasteiger partial charge in [0.05, 0.1) is 6.04 Å². The van der Waals surface area contributed by atoms with E-state index in [2.05, 4.69) is 15.6 Å². The van der Waals surface area contributed by atoms with Crippen molar-refractivity contribution in [3.63, 3.8) is 0 Å². The largest absolute Gasteiger partial charge is 0.409 e. The number of hydrogen-bond acceptors (Lipinski definition) is 6. The molecule has 8 heteroatoms. The van der Waals surface area contributed by atoms with E-state index in [1.165, 1.54) is 13.2 Å². The number of nitrogens with one attached hydrogen (secondary N) is 1. The molecule has 0 radical (unpaired) electrons. The van der Waals surface area contributed by atoms with Crippen LogP contribution in [0.5, 0.6) is 0 Å². The molecule has 2 rings (SSSR count). The Hall–Kier alpha value is -2.09. The van der Waals surface area contributed by atoms with Gasteiger partial charge >= 0.3 is 0 Å². The third-order valence-electron chi connectivity index (χ3n) is 2.89. The van der Waals surface area contributed by atoms with Crippen LogP contribution in [-0.4, -0.2) is 35.3 Å². The van der Waals surface area contributed by atoms with Crippen LogP contribution in [0.3, 0.4) is 0 Å². The van der Waals surface area contributed by atoms with Crippen molar-refractivity contribution in [2.24, 2.45) is 16.8 Å². The molecule has 1 aromatic rings. The molecule has 1 aromatic heterocycles. The van der Waals surface area contributed by atoms with Crippen molar-refractivity contribution in [2.75, 3.05) is 7.11 Å². The summed E-state index contributed by atoms with van der Waals surface area (Å²) in [7, 11) is 1.52. The van der Waals surface area contributed by atoms with Gasteiger partial charge in [-0.05, 0) is 18.8 Å². The molecule has 0 aromatic carbocycles. The second-order valence-electron chi connectivity index (χ2n) is 4.42. The predicted octanol–water partition coefficient (Wildman–Crippen LogP) is 0.0758. The Bertz CT molecular complexity index is 481. The van der Waals surface area contributed by atoms with Crippen molar-refractivity contribution in [3.05, 3.63) is 17.5 Å². The van der Waals surface area contributed by atoms with Gasteiger partial charge in [0.2, 0.25) is 0 Å². The van der Waals surface area contributed by atoms with Crippen molar-refractivity contribution < 1.29 is 19.3 Å². The van der Waals surface area contributed by atoms with E-state index in [1.807, 2.05) is 0 Å². The molecule has 1 aliphatic carbocycles. The van der Waals surface area contributed by atoms with E-state index in [9.17, 15) is 4.79 Å². The smallest absolute Gasteiger partial charge is 0.274 e. The molecular formula is C11H16N4O4. The number of carbonyl (C=O) groups excluding carboxylic acids is 1. The summed E-state index contributed by atoms with van der Waals surface area (Å²) in [4.78, 5) is 12.0. The Morgan fingerprint density at radius 2 is 2.53 bits per heavy atom. The van der Waals surface area contributed by atoms with Gasteiger partial charge in [-0.3, -0.25) is 4.79 Å². The summed E-state index contributed by atoms with van der Waals surface area (Å²) in [5, 5.41) is 18.0. The first kappa shape index (κ1) is 13.3. The van der Waals surface area contributed by atoms with Gasteiger partial charge in [0.1, 0.15) is 6.61 Å². The Morgan fingerprint density at radius 3 is 3.11 bits per heavy atom. The number of aromatic nitrogens is 1. The first-order valence-corrected chi connectivity index (χ1v) is 5.88. The van der Waals surface area contributed by atoms with E-state index >= 15 is 0 Å². The average Bonchev–Trinajstić information content (AvgIpc) is 3.14. The second-order valence-corrected chi connectivity index (χ2v) is 4.42. The SMILES string of the molecule is COCc1cc(C(=O)NC(C(N)=NO)C2CC2)no1. The summed E-state index contributed by atoms with van der Waals surface area (Å²) in [6, 6.07) is 1.02. The first-order valence-electron chi connectivity index (χ1n) is 5.88. The predicted molar refractivity (Wildman–Crippen MR) is 64.6 cm³/mol. The molecule has 1 heterocycles. The zero-order valence-electron chi connectivity index (χ0n) is 10.5. The number of hydrogen-bond donors (Lipinski definition) is 3. The number of amidine groups is 1. The van der Waals surface area contributed by atoms with E-state index in [0.717, 1.165) is 12.8 Å². The van der Waals surface area contributed by atoms with Crippen LogP contribution in [-0.2, 0) is 11.3 Å². The van der Waals surface area contributed by atoms with Crippen LogP contribution in [0, 0.1) is 5.92 Å². The van der Waals surface area contributed by atoms with Gasteiger partial charge in [0.25, 0.3) is 5.91 Å². The van der Waals surface area contributed by atoms with E-state index in [4.69, 9.17) is 20.2 Å². The Labute approximate surface area is 109 Å². The summed E-state index contributed by atoms with van der Waals surface area (Å²) >= 11 is 0. The fourth-order valence-corrected chi connectivity index (χ4v) is 1.77. The van der Waals surface area contributed by atoms with Gasteiger partial charge in [0.15, 0.2) is 17.3 Å². The van der Waals surface area contributed by atoms with Crippen LogP contribution in [0.4, 0.5) is 0 Å². The Balaban J connectivity index is 2.02. The number of ether oxygens (including phenoxy) is 1. The first-order chi connectivity index (χ1) is 9.15. The van der Waals surface area contributed by atoms with Crippen LogP contribution in [0.1, 0.15) is 29.1 Å². The summed E-state index contributed by atoms with van der Waals surface area (Å²) < 4.78 is 9.79. The van der Waals surface area contributed by atoms with Crippen LogP contribution >= 0.6 is 0 Å². The molecule has 4 N–H and O–H groups in total. The number of amides is 1. The number of methoxy groups -OCH3 is 1. The molecule has 1 amide bonds. The minimum Gasteiger partial charge on any atom is -0.409 e. The highest BCUT2D eigenvalue weighted by molar-refractivity contribution is 5.97. The molecule has 8 nitrogen and oxygen atoms in total. The highest BCUT2D eigenvalue weighted by Crippen LogP contribution is 2.32. The number of oxime groups is 1. The Morgan fingerprint density at radius 1 is 1.79 bits per heavy atom. The quantitative estimate of drug-likeness (QED) is 0.290. The third kappa shape index (κ3) is 3.22. The van der Waals surface area contributed by atoms with Crippen molar-refractivity contribution in [2.45, 2.75) is 25.5 Å². The van der Waals surface area contributed by atoms with Crippen LogP contribution in [0.15, 0.2) is 15.7 Å². The fraction of sp³-hybridized carbons (Fsp3) is 0.545. The lowest BCUT2D eigenvalue weighted by Crippen LogP contribution is -2.46. The minimum atomic E-state index is -0.472. The van der Waals surface area contributed by atoms with Crippen molar-refractivity contribution in [1.29, 1.82) is 0 Å². The topological polar surface area (TPSA) is 123 Å². The highest BCUT2D eigenvalue weighted by Gasteiger charge is 2.35. The fourth-order valence-electron chi connectivity index (χ4n) is 1.77. The van der Waals surface area contributed by atoms with E-state index in [-0.39, 0.29) is 24.1 Å². The lowest BCUT2D eigenvalue weighted by Gasteiger charge is -2.15. The number of nitrogens with zero attached hydrogens (tertiary/aromatic N) is 2. The van der Waals surface area contributed by atoms with Gasteiger partial charge < -0.3 is 25.5 Å². The van der Waals surface area contributed by atoms with Gasteiger partial charge in [-0.15, -0.1) is 0 Å².